The number of anilines is 2. The van der Waals surface area contributed by atoms with Crippen LogP contribution in [0.25, 0.3) is 0 Å². The van der Waals surface area contributed by atoms with Crippen molar-refractivity contribution in [2.24, 2.45) is 0 Å². The van der Waals surface area contributed by atoms with Gasteiger partial charge >= 0.3 is 0 Å². The molecule has 182 valence electrons. The van der Waals surface area contributed by atoms with Gasteiger partial charge in [0.05, 0.1) is 11.4 Å². The molecular formula is C29H33N3O3. The fourth-order valence-electron chi connectivity index (χ4n) is 4.23. The molecule has 4 rings (SSSR count). The van der Waals surface area contributed by atoms with Crippen molar-refractivity contribution in [3.63, 3.8) is 0 Å². The molecule has 1 saturated heterocycles. The monoisotopic (exact) mass is 471 g/mol. The van der Waals surface area contributed by atoms with Crippen molar-refractivity contribution in [1.82, 2.24) is 4.90 Å². The van der Waals surface area contributed by atoms with Crippen LogP contribution in [0.5, 0.6) is 5.75 Å². The van der Waals surface area contributed by atoms with Crippen LogP contribution in [0.2, 0.25) is 0 Å². The summed E-state index contributed by atoms with van der Waals surface area (Å²) in [5.41, 5.74) is 3.67. The third kappa shape index (κ3) is 6.21. The van der Waals surface area contributed by atoms with Gasteiger partial charge in [-0.2, -0.15) is 0 Å². The van der Waals surface area contributed by atoms with Crippen molar-refractivity contribution in [2.75, 3.05) is 43.0 Å². The van der Waals surface area contributed by atoms with Gasteiger partial charge in [-0.05, 0) is 54.3 Å². The Kier molecular flexibility index (Phi) is 8.03. The van der Waals surface area contributed by atoms with Crippen LogP contribution in [0.3, 0.4) is 0 Å². The molecule has 1 atom stereocenters. The van der Waals surface area contributed by atoms with Crippen LogP contribution in [0.4, 0.5) is 11.4 Å². The Labute approximate surface area is 207 Å². The third-order valence-electron chi connectivity index (χ3n) is 6.54. The molecule has 35 heavy (non-hydrogen) atoms. The molecule has 0 radical (unpaired) electrons. The zero-order valence-electron chi connectivity index (χ0n) is 20.4. The summed E-state index contributed by atoms with van der Waals surface area (Å²) in [6.45, 7) is 6.96. The molecule has 0 bridgehead atoms. The summed E-state index contributed by atoms with van der Waals surface area (Å²) in [6.07, 6.45) is 1.08. The third-order valence-corrected chi connectivity index (χ3v) is 6.54. The van der Waals surface area contributed by atoms with Crippen molar-refractivity contribution < 1.29 is 14.3 Å². The van der Waals surface area contributed by atoms with E-state index in [1.165, 1.54) is 5.56 Å². The maximum absolute atomic E-state index is 12.7. The Morgan fingerprint density at radius 1 is 0.886 bits per heavy atom. The van der Waals surface area contributed by atoms with E-state index in [2.05, 4.69) is 36.2 Å². The van der Waals surface area contributed by atoms with Crippen LogP contribution < -0.4 is 15.0 Å². The zero-order valence-corrected chi connectivity index (χ0v) is 20.4. The Bertz CT molecular complexity index is 1120. The van der Waals surface area contributed by atoms with Gasteiger partial charge in [0.1, 0.15) is 5.75 Å². The predicted molar refractivity (Wildman–Crippen MR) is 140 cm³/mol. The number of nitrogens with zero attached hydrogens (tertiary/aromatic N) is 2. The normalized spacial score (nSPS) is 14.3. The van der Waals surface area contributed by atoms with Crippen molar-refractivity contribution in [3.8, 4) is 5.75 Å². The lowest BCUT2D eigenvalue weighted by Gasteiger charge is -2.37. The smallest absolute Gasteiger partial charge is 0.262 e. The maximum atomic E-state index is 12.7. The summed E-state index contributed by atoms with van der Waals surface area (Å²) in [6, 6.07) is 25.1. The van der Waals surface area contributed by atoms with Crippen molar-refractivity contribution in [2.45, 2.75) is 26.2 Å². The van der Waals surface area contributed by atoms with Gasteiger partial charge < -0.3 is 19.9 Å². The van der Waals surface area contributed by atoms with Crippen molar-refractivity contribution in [3.05, 3.63) is 90.0 Å². The molecule has 1 aliphatic rings. The first kappa shape index (κ1) is 24.3. The number of ether oxygens (including phenoxy) is 1. The number of piperazine rings is 1. The van der Waals surface area contributed by atoms with Gasteiger partial charge in [-0.15, -0.1) is 0 Å². The number of nitrogens with one attached hydrogen (secondary N) is 1. The summed E-state index contributed by atoms with van der Waals surface area (Å²) in [4.78, 5) is 29.5. The number of benzene rings is 3. The van der Waals surface area contributed by atoms with E-state index < -0.39 is 0 Å². The van der Waals surface area contributed by atoms with E-state index in [4.69, 9.17) is 4.74 Å². The topological polar surface area (TPSA) is 61.9 Å². The fourth-order valence-corrected chi connectivity index (χ4v) is 4.23. The molecule has 1 fully saturated rings. The van der Waals surface area contributed by atoms with E-state index >= 15 is 0 Å². The molecule has 1 N–H and O–H groups in total. The second-order valence-corrected chi connectivity index (χ2v) is 8.88. The highest BCUT2D eigenvalue weighted by molar-refractivity contribution is 5.96. The van der Waals surface area contributed by atoms with E-state index in [0.717, 1.165) is 17.8 Å². The van der Waals surface area contributed by atoms with Crippen LogP contribution in [-0.4, -0.2) is 49.5 Å². The first-order valence-electron chi connectivity index (χ1n) is 12.3. The predicted octanol–water partition coefficient (Wildman–Crippen LogP) is 5.18. The fraction of sp³-hybridized carbons (Fsp3) is 0.310. The van der Waals surface area contributed by atoms with Gasteiger partial charge in [0, 0.05) is 31.7 Å². The van der Waals surface area contributed by atoms with E-state index in [1.54, 1.807) is 0 Å². The number of carbonyl (C=O) groups excluding carboxylic acids is 2. The lowest BCUT2D eigenvalue weighted by atomic mass is 9.99. The maximum Gasteiger partial charge on any atom is 0.262 e. The van der Waals surface area contributed by atoms with Crippen LogP contribution >= 0.6 is 0 Å². The molecule has 6 heteroatoms. The quantitative estimate of drug-likeness (QED) is 0.492. The van der Waals surface area contributed by atoms with Crippen molar-refractivity contribution in [1.29, 1.82) is 0 Å². The highest BCUT2D eigenvalue weighted by atomic mass is 16.5. The van der Waals surface area contributed by atoms with Crippen LogP contribution in [0.15, 0.2) is 78.9 Å². The number of hydrogen-bond donors (Lipinski definition) is 1. The minimum atomic E-state index is -0.207. The largest absolute Gasteiger partial charge is 0.484 e. The van der Waals surface area contributed by atoms with Crippen LogP contribution in [0.1, 0.15) is 42.1 Å². The number of carbonyl (C=O) groups is 2. The van der Waals surface area contributed by atoms with Gasteiger partial charge in [-0.1, -0.05) is 56.3 Å². The second kappa shape index (κ2) is 11.6. The average Bonchev–Trinajstić information content (AvgIpc) is 2.92. The molecule has 3 aromatic rings. The van der Waals surface area contributed by atoms with E-state index in [-0.39, 0.29) is 18.4 Å². The van der Waals surface area contributed by atoms with E-state index in [9.17, 15) is 9.59 Å². The minimum absolute atomic E-state index is 0.0566. The first-order valence-corrected chi connectivity index (χ1v) is 12.3. The number of hydrogen-bond acceptors (Lipinski definition) is 4. The lowest BCUT2D eigenvalue weighted by molar-refractivity contribution is -0.118. The van der Waals surface area contributed by atoms with Gasteiger partial charge in [0.2, 0.25) is 0 Å². The lowest BCUT2D eigenvalue weighted by Crippen LogP contribution is -2.49. The molecule has 0 aliphatic carbocycles. The molecule has 0 saturated carbocycles. The zero-order chi connectivity index (χ0) is 24.6. The Balaban J connectivity index is 1.32. The minimum Gasteiger partial charge on any atom is -0.484 e. The van der Waals surface area contributed by atoms with E-state index in [1.807, 2.05) is 71.6 Å². The summed E-state index contributed by atoms with van der Waals surface area (Å²) in [5.74, 6) is 1.03. The Morgan fingerprint density at radius 2 is 1.54 bits per heavy atom. The number of para-hydroxylation sites is 2. The summed E-state index contributed by atoms with van der Waals surface area (Å²) < 4.78 is 5.71. The van der Waals surface area contributed by atoms with Gasteiger partial charge in [-0.25, -0.2) is 0 Å². The summed E-state index contributed by atoms with van der Waals surface area (Å²) in [7, 11) is 0. The van der Waals surface area contributed by atoms with Crippen molar-refractivity contribution >= 4 is 23.2 Å². The summed E-state index contributed by atoms with van der Waals surface area (Å²) in [5, 5.41) is 2.99. The molecule has 3 aromatic carbocycles. The Hall–Kier alpha value is -3.80. The highest BCUT2D eigenvalue weighted by Crippen LogP contribution is 2.27. The van der Waals surface area contributed by atoms with Gasteiger partial charge in [-0.3, -0.25) is 9.59 Å². The first-order chi connectivity index (χ1) is 17.0. The molecule has 2 amide bonds. The van der Waals surface area contributed by atoms with Crippen LogP contribution in [-0.2, 0) is 4.79 Å². The van der Waals surface area contributed by atoms with Gasteiger partial charge in [0.15, 0.2) is 6.61 Å². The van der Waals surface area contributed by atoms with E-state index in [0.29, 0.717) is 43.4 Å². The standard InChI is InChI=1S/C29H33N3O3/c1-3-22(2)23-13-15-25(16-14-23)35-21-28(33)30-26-11-7-8-12-27(26)31-17-19-32(20-18-31)29(34)24-9-5-4-6-10-24/h4-16,22H,3,17-21H2,1-2H3,(H,30,33)/t22-/m0/s1. The number of amides is 2. The Morgan fingerprint density at radius 3 is 2.23 bits per heavy atom. The molecular weight excluding hydrogens is 438 g/mol. The molecule has 0 unspecified atom stereocenters. The molecule has 1 heterocycles. The molecule has 0 aromatic heterocycles. The molecule has 1 aliphatic heterocycles. The van der Waals surface area contributed by atoms with Crippen LogP contribution in [0, 0.1) is 0 Å². The second-order valence-electron chi connectivity index (χ2n) is 8.88. The molecule has 6 nitrogen and oxygen atoms in total. The van der Waals surface area contributed by atoms with Gasteiger partial charge in [0.25, 0.3) is 11.8 Å². The SMILES string of the molecule is CC[C@H](C)c1ccc(OCC(=O)Nc2ccccc2N2CCN(C(=O)c3ccccc3)CC2)cc1. The highest BCUT2D eigenvalue weighted by Gasteiger charge is 2.23. The summed E-state index contributed by atoms with van der Waals surface area (Å²) >= 11 is 0. The molecule has 0 spiro atoms. The average molecular weight is 472 g/mol. The number of rotatable bonds is 8.